The van der Waals surface area contributed by atoms with E-state index in [2.05, 4.69) is 30.3 Å². The SMILES string of the molecule is CCOC(=O)CN(C)CCOC(c1ccccc1)C1C2CC3C(C2)C31. The summed E-state index contributed by atoms with van der Waals surface area (Å²) in [6, 6.07) is 10.7. The number of carbonyl (C=O) groups is 1. The molecule has 4 atom stereocenters. The van der Waals surface area contributed by atoms with Gasteiger partial charge in [-0.3, -0.25) is 9.69 Å². The second kappa shape index (κ2) is 7.08. The number of benzene rings is 1. The maximum Gasteiger partial charge on any atom is 0.320 e. The fourth-order valence-electron chi connectivity index (χ4n) is 5.50. The number of esters is 1. The number of ether oxygens (including phenoxy) is 2. The van der Waals surface area contributed by atoms with Crippen LogP contribution in [0, 0.1) is 29.6 Å². The summed E-state index contributed by atoms with van der Waals surface area (Å²) in [5.41, 5.74) is 1.32. The molecule has 25 heavy (non-hydrogen) atoms. The molecule has 0 heterocycles. The third-order valence-corrected chi connectivity index (χ3v) is 6.49. The second-order valence-electron chi connectivity index (χ2n) is 7.96. The van der Waals surface area contributed by atoms with Gasteiger partial charge in [0.05, 0.1) is 25.9 Å². The average Bonchev–Trinajstić information content (AvgIpc) is 2.98. The van der Waals surface area contributed by atoms with E-state index < -0.39 is 0 Å². The number of likely N-dealkylation sites (N-methyl/N-ethyl adjacent to an activating group) is 1. The Kier molecular flexibility index (Phi) is 4.83. The predicted molar refractivity (Wildman–Crippen MR) is 95.9 cm³/mol. The van der Waals surface area contributed by atoms with Crippen LogP contribution in [0.4, 0.5) is 0 Å². The molecule has 0 radical (unpaired) electrons. The lowest BCUT2D eigenvalue weighted by Gasteiger charge is -2.28. The maximum absolute atomic E-state index is 11.6. The van der Waals surface area contributed by atoms with E-state index >= 15 is 0 Å². The molecule has 1 aromatic carbocycles. The van der Waals surface area contributed by atoms with Gasteiger partial charge in [0.1, 0.15) is 0 Å². The van der Waals surface area contributed by atoms with Crippen molar-refractivity contribution in [2.75, 3.05) is 33.4 Å². The molecule has 4 fully saturated rings. The van der Waals surface area contributed by atoms with Crippen molar-refractivity contribution in [1.82, 2.24) is 4.90 Å². The van der Waals surface area contributed by atoms with Crippen LogP contribution in [0.15, 0.2) is 30.3 Å². The Balaban J connectivity index is 1.34. The van der Waals surface area contributed by atoms with Crippen molar-refractivity contribution in [3.8, 4) is 0 Å². The summed E-state index contributed by atoms with van der Waals surface area (Å²) in [6.07, 6.45) is 3.06. The zero-order valence-corrected chi connectivity index (χ0v) is 15.3. The van der Waals surface area contributed by atoms with Crippen molar-refractivity contribution < 1.29 is 14.3 Å². The van der Waals surface area contributed by atoms with E-state index in [1.807, 2.05) is 18.9 Å². The third kappa shape index (κ3) is 3.34. The van der Waals surface area contributed by atoms with Gasteiger partial charge in [-0.1, -0.05) is 30.3 Å². The zero-order valence-electron chi connectivity index (χ0n) is 15.3. The normalized spacial score (nSPS) is 32.8. The van der Waals surface area contributed by atoms with E-state index in [0.29, 0.717) is 25.7 Å². The minimum absolute atomic E-state index is 0.165. The van der Waals surface area contributed by atoms with Gasteiger partial charge < -0.3 is 9.47 Å². The number of nitrogens with zero attached hydrogens (tertiary/aromatic N) is 1. The van der Waals surface area contributed by atoms with Gasteiger partial charge in [-0.05, 0) is 62.0 Å². The van der Waals surface area contributed by atoms with Gasteiger partial charge in [-0.15, -0.1) is 0 Å². The molecule has 0 spiro atoms. The largest absolute Gasteiger partial charge is 0.465 e. The summed E-state index contributed by atoms with van der Waals surface area (Å²) < 4.78 is 11.4. The van der Waals surface area contributed by atoms with Gasteiger partial charge in [0, 0.05) is 6.54 Å². The number of rotatable bonds is 9. The Bertz CT molecular complexity index is 590. The van der Waals surface area contributed by atoms with Crippen molar-refractivity contribution >= 4 is 5.97 Å². The molecule has 4 heteroatoms. The van der Waals surface area contributed by atoms with Crippen molar-refractivity contribution in [1.29, 1.82) is 0 Å². The second-order valence-corrected chi connectivity index (χ2v) is 7.96. The monoisotopic (exact) mass is 343 g/mol. The van der Waals surface area contributed by atoms with Crippen LogP contribution < -0.4 is 0 Å². The molecule has 0 aromatic heterocycles. The van der Waals surface area contributed by atoms with Crippen LogP contribution in [0.25, 0.3) is 0 Å². The summed E-state index contributed by atoms with van der Waals surface area (Å²) in [5, 5.41) is 0. The number of carbonyl (C=O) groups excluding carboxylic acids is 1. The lowest BCUT2D eigenvalue weighted by molar-refractivity contribution is -0.144. The Hall–Kier alpha value is -1.39. The van der Waals surface area contributed by atoms with E-state index in [9.17, 15) is 4.79 Å². The molecule has 0 amide bonds. The topological polar surface area (TPSA) is 38.8 Å². The summed E-state index contributed by atoms with van der Waals surface area (Å²) in [7, 11) is 1.95. The first kappa shape index (κ1) is 17.0. The molecule has 4 nitrogen and oxygen atoms in total. The van der Waals surface area contributed by atoms with Gasteiger partial charge in [0.15, 0.2) is 0 Å². The molecule has 0 aliphatic heterocycles. The first-order valence-electron chi connectivity index (χ1n) is 9.69. The van der Waals surface area contributed by atoms with Gasteiger partial charge >= 0.3 is 5.97 Å². The molecule has 1 aromatic rings. The van der Waals surface area contributed by atoms with E-state index in [-0.39, 0.29) is 12.1 Å². The van der Waals surface area contributed by atoms with Gasteiger partial charge in [0.2, 0.25) is 0 Å². The summed E-state index contributed by atoms with van der Waals surface area (Å²) >= 11 is 0. The van der Waals surface area contributed by atoms with E-state index in [1.165, 1.54) is 18.4 Å². The minimum atomic E-state index is -0.165. The third-order valence-electron chi connectivity index (χ3n) is 6.49. The van der Waals surface area contributed by atoms with Crippen molar-refractivity contribution in [2.24, 2.45) is 29.6 Å². The highest BCUT2D eigenvalue weighted by Gasteiger charge is 2.69. The molecule has 4 unspecified atom stereocenters. The van der Waals surface area contributed by atoms with Crippen LogP contribution in [0.3, 0.4) is 0 Å². The summed E-state index contributed by atoms with van der Waals surface area (Å²) in [6.45, 7) is 4.00. The van der Waals surface area contributed by atoms with E-state index in [1.54, 1.807) is 0 Å². The molecule has 5 rings (SSSR count). The molecule has 0 N–H and O–H groups in total. The van der Waals surface area contributed by atoms with Crippen molar-refractivity contribution in [3.63, 3.8) is 0 Å². The van der Waals surface area contributed by atoms with Crippen molar-refractivity contribution in [2.45, 2.75) is 25.9 Å². The Morgan fingerprint density at radius 1 is 1.24 bits per heavy atom. The van der Waals surface area contributed by atoms with Crippen LogP contribution in [0.1, 0.15) is 31.4 Å². The maximum atomic E-state index is 11.6. The Labute approximate surface area is 150 Å². The van der Waals surface area contributed by atoms with Crippen LogP contribution in [0.5, 0.6) is 0 Å². The average molecular weight is 343 g/mol. The highest BCUT2D eigenvalue weighted by atomic mass is 16.5. The minimum Gasteiger partial charge on any atom is -0.465 e. The number of hydrogen-bond donors (Lipinski definition) is 0. The first-order valence-corrected chi connectivity index (χ1v) is 9.69. The molecule has 4 saturated carbocycles. The molecule has 0 saturated heterocycles. The fraction of sp³-hybridized carbons (Fsp3) is 0.667. The number of hydrogen-bond acceptors (Lipinski definition) is 4. The van der Waals surface area contributed by atoms with Crippen molar-refractivity contribution in [3.05, 3.63) is 35.9 Å². The highest BCUT2D eigenvalue weighted by molar-refractivity contribution is 5.71. The summed E-state index contributed by atoms with van der Waals surface area (Å²) in [5.74, 6) is 4.30. The molecule has 136 valence electrons. The van der Waals surface area contributed by atoms with Crippen LogP contribution in [-0.2, 0) is 14.3 Å². The standard InChI is InChI=1S/C21H29NO3/c1-3-24-18(23)13-22(2)9-10-25-21(14-7-5-4-6-8-14)19-15-11-16-17(12-15)20(16)19/h4-8,15-17,19-21H,3,9-13H2,1-2H3. The quantitative estimate of drug-likeness (QED) is 0.646. The van der Waals surface area contributed by atoms with Gasteiger partial charge in [-0.2, -0.15) is 0 Å². The fourth-order valence-corrected chi connectivity index (χ4v) is 5.50. The molecular formula is C21H29NO3. The summed E-state index contributed by atoms with van der Waals surface area (Å²) in [4.78, 5) is 13.6. The van der Waals surface area contributed by atoms with E-state index in [4.69, 9.17) is 9.47 Å². The molecule has 4 aliphatic carbocycles. The Morgan fingerprint density at radius 2 is 1.96 bits per heavy atom. The van der Waals surface area contributed by atoms with Gasteiger partial charge in [0.25, 0.3) is 0 Å². The molecule has 4 aliphatic rings. The molecule has 4 bridgehead atoms. The lowest BCUT2D eigenvalue weighted by atomic mass is 9.88. The Morgan fingerprint density at radius 3 is 2.56 bits per heavy atom. The zero-order chi connectivity index (χ0) is 17.4. The van der Waals surface area contributed by atoms with Crippen LogP contribution in [-0.4, -0.2) is 44.2 Å². The van der Waals surface area contributed by atoms with Crippen LogP contribution in [0.2, 0.25) is 0 Å². The molecular weight excluding hydrogens is 314 g/mol. The smallest absolute Gasteiger partial charge is 0.320 e. The first-order chi connectivity index (χ1) is 12.2. The van der Waals surface area contributed by atoms with E-state index in [0.717, 1.165) is 30.2 Å². The predicted octanol–water partition coefficient (Wildman–Crippen LogP) is 3.14. The highest BCUT2D eigenvalue weighted by Crippen LogP contribution is 2.75. The lowest BCUT2D eigenvalue weighted by Crippen LogP contribution is -2.31. The van der Waals surface area contributed by atoms with Crippen LogP contribution >= 0.6 is 0 Å². The van der Waals surface area contributed by atoms with Gasteiger partial charge in [-0.25, -0.2) is 0 Å².